The second-order valence-electron chi connectivity index (χ2n) is 9.12. The highest BCUT2D eigenvalue weighted by Gasteiger charge is 2.31. The van der Waals surface area contributed by atoms with Crippen LogP contribution in [0.15, 0.2) is 24.3 Å². The Hall–Kier alpha value is -1.43. The third-order valence-corrected chi connectivity index (χ3v) is 7.16. The van der Waals surface area contributed by atoms with Crippen molar-refractivity contribution in [2.75, 3.05) is 39.3 Å². The average Bonchev–Trinajstić information content (AvgIpc) is 3.28. The highest BCUT2D eigenvalue weighted by Crippen LogP contribution is 2.25. The minimum absolute atomic E-state index is 0.189. The fourth-order valence-corrected chi connectivity index (χ4v) is 5.16. The van der Waals surface area contributed by atoms with Gasteiger partial charge < -0.3 is 15.0 Å². The smallest absolute Gasteiger partial charge is 0.223 e. The van der Waals surface area contributed by atoms with Crippen LogP contribution in [0.1, 0.15) is 49.7 Å². The summed E-state index contributed by atoms with van der Waals surface area (Å²) in [7, 11) is 0. The van der Waals surface area contributed by atoms with E-state index in [0.717, 1.165) is 51.9 Å². The number of hydrogen-bond acceptors (Lipinski definition) is 4. The predicted octanol–water partition coefficient (Wildman–Crippen LogP) is 2.97. The van der Waals surface area contributed by atoms with Gasteiger partial charge in [-0.25, -0.2) is 0 Å². The monoisotopic (exact) mass is 399 g/mol. The Kier molecular flexibility index (Phi) is 7.22. The van der Waals surface area contributed by atoms with Crippen molar-refractivity contribution in [3.05, 3.63) is 35.4 Å². The van der Waals surface area contributed by atoms with Crippen LogP contribution in [0, 0.1) is 12.8 Å². The van der Waals surface area contributed by atoms with Gasteiger partial charge in [0.05, 0.1) is 6.10 Å². The number of nitrogens with one attached hydrogen (secondary N) is 1. The molecule has 0 unspecified atom stereocenters. The third-order valence-electron chi connectivity index (χ3n) is 7.16. The lowest BCUT2D eigenvalue weighted by molar-refractivity contribution is -0.127. The molecule has 3 aliphatic heterocycles. The summed E-state index contributed by atoms with van der Waals surface area (Å²) < 4.78 is 5.61. The van der Waals surface area contributed by atoms with Crippen molar-refractivity contribution >= 4 is 5.91 Å². The molecular weight excluding hydrogens is 362 g/mol. The van der Waals surface area contributed by atoms with E-state index >= 15 is 0 Å². The third kappa shape index (κ3) is 5.59. The Morgan fingerprint density at radius 2 is 1.83 bits per heavy atom. The highest BCUT2D eigenvalue weighted by molar-refractivity contribution is 5.78. The molecule has 5 heteroatoms. The first-order valence-corrected chi connectivity index (χ1v) is 11.6. The van der Waals surface area contributed by atoms with Gasteiger partial charge in [0.1, 0.15) is 0 Å². The number of carbonyl (C=O) groups excluding carboxylic acids is 1. The van der Waals surface area contributed by atoms with Crippen molar-refractivity contribution in [2.24, 2.45) is 5.92 Å². The molecule has 0 aliphatic carbocycles. The van der Waals surface area contributed by atoms with E-state index < -0.39 is 0 Å². The Morgan fingerprint density at radius 1 is 1.07 bits per heavy atom. The number of aryl methyl sites for hydroxylation is 1. The van der Waals surface area contributed by atoms with E-state index in [1.165, 1.54) is 37.1 Å². The molecular formula is C24H37N3O2. The number of rotatable bonds is 6. The Balaban J connectivity index is 1.16. The van der Waals surface area contributed by atoms with Crippen molar-refractivity contribution in [1.82, 2.24) is 15.1 Å². The van der Waals surface area contributed by atoms with Crippen molar-refractivity contribution in [2.45, 2.75) is 64.1 Å². The van der Waals surface area contributed by atoms with Crippen molar-refractivity contribution < 1.29 is 9.53 Å². The van der Waals surface area contributed by atoms with Gasteiger partial charge in [0.25, 0.3) is 0 Å². The van der Waals surface area contributed by atoms with Gasteiger partial charge >= 0.3 is 0 Å². The number of amides is 1. The summed E-state index contributed by atoms with van der Waals surface area (Å²) in [5.74, 6) is 0.432. The molecule has 1 atom stereocenters. The van der Waals surface area contributed by atoms with Crippen molar-refractivity contribution in [3.63, 3.8) is 0 Å². The maximum atomic E-state index is 12.5. The van der Waals surface area contributed by atoms with E-state index in [0.29, 0.717) is 12.6 Å². The van der Waals surface area contributed by atoms with E-state index in [9.17, 15) is 4.79 Å². The van der Waals surface area contributed by atoms with E-state index in [1.807, 2.05) is 0 Å². The zero-order chi connectivity index (χ0) is 20.1. The van der Waals surface area contributed by atoms with Crippen LogP contribution < -0.4 is 5.32 Å². The molecule has 0 spiro atoms. The summed E-state index contributed by atoms with van der Waals surface area (Å²) in [5, 5.41) is 3.13. The molecule has 5 nitrogen and oxygen atoms in total. The highest BCUT2D eigenvalue weighted by atomic mass is 16.5. The standard InChI is InChI=1S/C24H37N3O2/c1-19-5-2-3-6-21(19)18-26-12-10-22(11-13-26)27-14-8-20(9-15-27)24(28)25-17-23-7-4-16-29-23/h2-3,5-6,20,22-23H,4,7-18H2,1H3,(H,25,28)/t23-/m1/s1. The predicted molar refractivity (Wildman–Crippen MR) is 116 cm³/mol. The Bertz CT molecular complexity index is 658. The number of benzene rings is 1. The molecule has 0 radical (unpaired) electrons. The molecule has 0 aromatic heterocycles. The summed E-state index contributed by atoms with van der Waals surface area (Å²) in [6, 6.07) is 9.44. The largest absolute Gasteiger partial charge is 0.376 e. The summed E-state index contributed by atoms with van der Waals surface area (Å²) in [6.07, 6.45) is 6.96. The van der Waals surface area contributed by atoms with Gasteiger partial charge in [-0.1, -0.05) is 24.3 Å². The maximum Gasteiger partial charge on any atom is 0.223 e. The summed E-state index contributed by atoms with van der Waals surface area (Å²) >= 11 is 0. The fourth-order valence-electron chi connectivity index (χ4n) is 5.16. The Labute approximate surface area is 175 Å². The molecule has 1 aromatic carbocycles. The van der Waals surface area contributed by atoms with Crippen LogP contribution in [-0.4, -0.2) is 67.2 Å². The fraction of sp³-hybridized carbons (Fsp3) is 0.708. The number of ether oxygens (including phenoxy) is 1. The SMILES string of the molecule is Cc1ccccc1CN1CCC(N2CCC(C(=O)NC[C@H]3CCCO3)CC2)CC1. The van der Waals surface area contributed by atoms with Crippen molar-refractivity contribution in [1.29, 1.82) is 0 Å². The molecule has 3 aliphatic rings. The lowest BCUT2D eigenvalue weighted by atomic mass is 9.92. The topological polar surface area (TPSA) is 44.8 Å². The van der Waals surface area contributed by atoms with E-state index in [4.69, 9.17) is 4.74 Å². The molecule has 0 bridgehead atoms. The van der Waals surface area contributed by atoms with Gasteiger partial charge in [-0.05, 0) is 82.8 Å². The minimum atomic E-state index is 0.189. The zero-order valence-electron chi connectivity index (χ0n) is 17.9. The molecule has 29 heavy (non-hydrogen) atoms. The van der Waals surface area contributed by atoms with Crippen LogP contribution in [0.5, 0.6) is 0 Å². The lowest BCUT2D eigenvalue weighted by Crippen LogP contribution is -2.49. The van der Waals surface area contributed by atoms with E-state index in [-0.39, 0.29) is 17.9 Å². The van der Waals surface area contributed by atoms with Gasteiger partial charge in [0, 0.05) is 31.7 Å². The normalized spacial score (nSPS) is 25.3. The second-order valence-corrected chi connectivity index (χ2v) is 9.12. The summed E-state index contributed by atoms with van der Waals surface area (Å²) in [6.45, 7) is 9.33. The van der Waals surface area contributed by atoms with Gasteiger partial charge in [-0.15, -0.1) is 0 Å². The van der Waals surface area contributed by atoms with Crippen LogP contribution in [0.3, 0.4) is 0 Å². The molecule has 1 N–H and O–H groups in total. The van der Waals surface area contributed by atoms with Crippen LogP contribution in [0.4, 0.5) is 0 Å². The quantitative estimate of drug-likeness (QED) is 0.799. The maximum absolute atomic E-state index is 12.5. The van der Waals surface area contributed by atoms with E-state index in [2.05, 4.69) is 46.3 Å². The molecule has 3 fully saturated rings. The number of carbonyl (C=O) groups is 1. The van der Waals surface area contributed by atoms with Crippen LogP contribution >= 0.6 is 0 Å². The number of nitrogens with zero attached hydrogens (tertiary/aromatic N) is 2. The average molecular weight is 400 g/mol. The number of likely N-dealkylation sites (tertiary alicyclic amines) is 2. The van der Waals surface area contributed by atoms with Gasteiger partial charge in [-0.2, -0.15) is 0 Å². The van der Waals surface area contributed by atoms with E-state index in [1.54, 1.807) is 0 Å². The first kappa shape index (κ1) is 20.8. The lowest BCUT2D eigenvalue weighted by Gasteiger charge is -2.41. The van der Waals surface area contributed by atoms with Crippen LogP contribution in [0.2, 0.25) is 0 Å². The minimum Gasteiger partial charge on any atom is -0.376 e. The van der Waals surface area contributed by atoms with Crippen molar-refractivity contribution in [3.8, 4) is 0 Å². The van der Waals surface area contributed by atoms with Gasteiger partial charge in [-0.3, -0.25) is 9.69 Å². The van der Waals surface area contributed by atoms with Crippen LogP contribution in [0.25, 0.3) is 0 Å². The molecule has 0 saturated carbocycles. The van der Waals surface area contributed by atoms with Crippen LogP contribution in [-0.2, 0) is 16.1 Å². The molecule has 4 rings (SSSR count). The summed E-state index contributed by atoms with van der Waals surface area (Å²) in [5.41, 5.74) is 2.86. The first-order valence-electron chi connectivity index (χ1n) is 11.6. The first-order chi connectivity index (χ1) is 14.2. The number of hydrogen-bond donors (Lipinski definition) is 1. The molecule has 1 aromatic rings. The summed E-state index contributed by atoms with van der Waals surface area (Å²) in [4.78, 5) is 17.7. The number of piperidine rings is 2. The molecule has 3 heterocycles. The molecule has 160 valence electrons. The zero-order valence-corrected chi connectivity index (χ0v) is 17.9. The molecule has 1 amide bonds. The molecule has 3 saturated heterocycles. The Morgan fingerprint density at radius 3 is 2.52 bits per heavy atom. The van der Waals surface area contributed by atoms with Gasteiger partial charge in [0.15, 0.2) is 0 Å². The second kappa shape index (κ2) is 10.1. The van der Waals surface area contributed by atoms with Gasteiger partial charge in [0.2, 0.25) is 5.91 Å².